The van der Waals surface area contributed by atoms with E-state index in [1.807, 2.05) is 6.92 Å². The maximum Gasteiger partial charge on any atom is 0.213 e. The molecule has 0 aromatic heterocycles. The fraction of sp³-hybridized carbons (Fsp3) is 1.00. The lowest BCUT2D eigenvalue weighted by Gasteiger charge is -2.17. The molecule has 0 heterocycles. The monoisotopic (exact) mass is 264 g/mol. The second kappa shape index (κ2) is 7.31. The highest BCUT2D eigenvalue weighted by molar-refractivity contribution is 7.89. The molecule has 0 amide bonds. The van der Waals surface area contributed by atoms with E-state index in [0.717, 1.165) is 12.8 Å². The Morgan fingerprint density at radius 2 is 2.12 bits per heavy atom. The zero-order valence-corrected chi connectivity index (χ0v) is 11.6. The van der Waals surface area contributed by atoms with Crippen molar-refractivity contribution >= 4 is 10.0 Å². The van der Waals surface area contributed by atoms with Gasteiger partial charge in [0.2, 0.25) is 10.0 Å². The van der Waals surface area contributed by atoms with Gasteiger partial charge in [0.25, 0.3) is 0 Å². The summed E-state index contributed by atoms with van der Waals surface area (Å²) in [6.45, 7) is 3.00. The van der Waals surface area contributed by atoms with Crippen LogP contribution in [0.2, 0.25) is 0 Å². The van der Waals surface area contributed by atoms with Crippen molar-refractivity contribution in [3.05, 3.63) is 0 Å². The highest BCUT2D eigenvalue weighted by Crippen LogP contribution is 2.18. The molecule has 1 fully saturated rings. The van der Waals surface area contributed by atoms with Crippen molar-refractivity contribution in [2.24, 2.45) is 0 Å². The molecule has 0 spiro atoms. The van der Waals surface area contributed by atoms with E-state index in [1.54, 1.807) is 7.11 Å². The summed E-state index contributed by atoms with van der Waals surface area (Å²) < 4.78 is 31.3. The fourth-order valence-electron chi connectivity index (χ4n) is 1.72. The number of ether oxygens (including phenoxy) is 1. The van der Waals surface area contributed by atoms with E-state index in [0.29, 0.717) is 19.2 Å². The first-order valence-electron chi connectivity index (χ1n) is 6.29. The minimum atomic E-state index is -3.19. The Kier molecular flexibility index (Phi) is 6.40. The zero-order valence-electron chi connectivity index (χ0n) is 10.7. The Bertz CT molecular complexity index is 296. The summed E-state index contributed by atoms with van der Waals surface area (Å²) in [6.07, 6.45) is 4.10. The van der Waals surface area contributed by atoms with E-state index in [1.165, 1.54) is 12.8 Å². The van der Waals surface area contributed by atoms with Gasteiger partial charge < -0.3 is 10.1 Å². The van der Waals surface area contributed by atoms with Crippen LogP contribution in [0.3, 0.4) is 0 Å². The van der Waals surface area contributed by atoms with Crippen molar-refractivity contribution in [3.63, 3.8) is 0 Å². The number of sulfonamides is 1. The second-order valence-electron chi connectivity index (χ2n) is 4.61. The first-order chi connectivity index (χ1) is 8.07. The lowest BCUT2D eigenvalue weighted by molar-refractivity contribution is 0.171. The van der Waals surface area contributed by atoms with Gasteiger partial charge in [0.05, 0.1) is 12.4 Å². The average molecular weight is 264 g/mol. The Hall–Kier alpha value is -0.170. The van der Waals surface area contributed by atoms with E-state index in [-0.39, 0.29) is 11.8 Å². The number of hydrogen-bond donors (Lipinski definition) is 2. The van der Waals surface area contributed by atoms with E-state index >= 15 is 0 Å². The molecule has 1 saturated carbocycles. The minimum Gasteiger partial charge on any atom is -0.383 e. The third-order valence-corrected chi connectivity index (χ3v) is 4.17. The third-order valence-electron chi connectivity index (χ3n) is 2.73. The molecule has 102 valence electrons. The van der Waals surface area contributed by atoms with Crippen LogP contribution in [-0.2, 0) is 14.8 Å². The van der Waals surface area contributed by atoms with Crippen LogP contribution >= 0.6 is 0 Å². The van der Waals surface area contributed by atoms with Crippen LogP contribution in [0.25, 0.3) is 0 Å². The quantitative estimate of drug-likeness (QED) is 0.602. The predicted octanol–water partition coefficient (Wildman–Crippen LogP) is 0.473. The van der Waals surface area contributed by atoms with Gasteiger partial charge in [-0.3, -0.25) is 0 Å². The first kappa shape index (κ1) is 14.9. The Balaban J connectivity index is 2.27. The maximum atomic E-state index is 11.8. The molecule has 6 heteroatoms. The van der Waals surface area contributed by atoms with Crippen molar-refractivity contribution < 1.29 is 13.2 Å². The second-order valence-corrected chi connectivity index (χ2v) is 6.48. The van der Waals surface area contributed by atoms with Gasteiger partial charge in [-0.15, -0.1) is 0 Å². The summed E-state index contributed by atoms with van der Waals surface area (Å²) in [5, 5.41) is 3.20. The summed E-state index contributed by atoms with van der Waals surface area (Å²) in [5.74, 6) is 0.146. The Labute approximate surface area is 104 Å². The normalized spacial score (nSPS) is 18.2. The van der Waals surface area contributed by atoms with Crippen LogP contribution in [0.4, 0.5) is 0 Å². The molecule has 2 N–H and O–H groups in total. The van der Waals surface area contributed by atoms with Crippen LogP contribution in [0.15, 0.2) is 0 Å². The molecule has 17 heavy (non-hydrogen) atoms. The van der Waals surface area contributed by atoms with Gasteiger partial charge in [0, 0.05) is 25.7 Å². The van der Waals surface area contributed by atoms with Crippen LogP contribution in [0, 0.1) is 0 Å². The molecule has 0 saturated heterocycles. The molecule has 1 aliphatic rings. The van der Waals surface area contributed by atoms with Crippen LogP contribution in [-0.4, -0.2) is 46.5 Å². The van der Waals surface area contributed by atoms with E-state index < -0.39 is 10.0 Å². The summed E-state index contributed by atoms with van der Waals surface area (Å²) >= 11 is 0. The zero-order chi connectivity index (χ0) is 12.7. The summed E-state index contributed by atoms with van der Waals surface area (Å²) in [4.78, 5) is 0. The SMILES string of the molecule is CCCC(COC)NS(=O)(=O)CCNC1CC1. The van der Waals surface area contributed by atoms with Gasteiger partial charge in [0.1, 0.15) is 0 Å². The predicted molar refractivity (Wildman–Crippen MR) is 68.5 cm³/mol. The standard InChI is InChI=1S/C11H24N2O3S/c1-3-4-11(9-16-2)13-17(14,15)8-7-12-10-5-6-10/h10-13H,3-9H2,1-2H3. The number of nitrogens with one attached hydrogen (secondary N) is 2. The Morgan fingerprint density at radius 1 is 1.41 bits per heavy atom. The fourth-order valence-corrected chi connectivity index (χ4v) is 2.92. The van der Waals surface area contributed by atoms with E-state index in [4.69, 9.17) is 4.74 Å². The molecule has 0 bridgehead atoms. The van der Waals surface area contributed by atoms with Gasteiger partial charge >= 0.3 is 0 Å². The van der Waals surface area contributed by atoms with Crippen molar-refractivity contribution in [2.75, 3.05) is 26.0 Å². The molecule has 0 aromatic rings. The lowest BCUT2D eigenvalue weighted by Crippen LogP contribution is -2.41. The molecule has 0 radical (unpaired) electrons. The molecular formula is C11H24N2O3S. The molecule has 0 aliphatic heterocycles. The van der Waals surface area contributed by atoms with Gasteiger partial charge in [-0.05, 0) is 19.3 Å². The van der Waals surface area contributed by atoms with E-state index in [9.17, 15) is 8.42 Å². The van der Waals surface area contributed by atoms with Gasteiger partial charge in [-0.1, -0.05) is 13.3 Å². The summed E-state index contributed by atoms with van der Waals surface area (Å²) in [6, 6.07) is 0.450. The average Bonchev–Trinajstić information content (AvgIpc) is 3.01. The molecule has 5 nitrogen and oxygen atoms in total. The van der Waals surface area contributed by atoms with E-state index in [2.05, 4.69) is 10.0 Å². The molecule has 1 atom stereocenters. The molecule has 1 rings (SSSR count). The van der Waals surface area contributed by atoms with Gasteiger partial charge in [0.15, 0.2) is 0 Å². The number of methoxy groups -OCH3 is 1. The summed E-state index contributed by atoms with van der Waals surface area (Å²) in [5.41, 5.74) is 0. The minimum absolute atomic E-state index is 0.101. The van der Waals surface area contributed by atoms with Crippen molar-refractivity contribution in [2.45, 2.75) is 44.7 Å². The van der Waals surface area contributed by atoms with Gasteiger partial charge in [-0.2, -0.15) is 0 Å². The number of rotatable bonds is 10. The third kappa shape index (κ3) is 6.98. The highest BCUT2D eigenvalue weighted by atomic mass is 32.2. The maximum absolute atomic E-state index is 11.8. The van der Waals surface area contributed by atoms with Crippen molar-refractivity contribution in [3.8, 4) is 0 Å². The highest BCUT2D eigenvalue weighted by Gasteiger charge is 2.22. The largest absolute Gasteiger partial charge is 0.383 e. The van der Waals surface area contributed by atoms with Crippen LogP contribution in [0.1, 0.15) is 32.6 Å². The van der Waals surface area contributed by atoms with Crippen LogP contribution in [0.5, 0.6) is 0 Å². The Morgan fingerprint density at radius 3 is 2.65 bits per heavy atom. The number of hydrogen-bond acceptors (Lipinski definition) is 4. The molecular weight excluding hydrogens is 240 g/mol. The van der Waals surface area contributed by atoms with Crippen LogP contribution < -0.4 is 10.0 Å². The summed E-state index contributed by atoms with van der Waals surface area (Å²) in [7, 11) is -1.60. The van der Waals surface area contributed by atoms with Crippen molar-refractivity contribution in [1.82, 2.24) is 10.0 Å². The molecule has 1 unspecified atom stereocenters. The van der Waals surface area contributed by atoms with Gasteiger partial charge in [-0.25, -0.2) is 13.1 Å². The molecule has 1 aliphatic carbocycles. The lowest BCUT2D eigenvalue weighted by atomic mass is 10.2. The molecule has 0 aromatic carbocycles. The van der Waals surface area contributed by atoms with Crippen molar-refractivity contribution in [1.29, 1.82) is 0 Å². The topological polar surface area (TPSA) is 67.4 Å². The first-order valence-corrected chi connectivity index (χ1v) is 7.95. The smallest absolute Gasteiger partial charge is 0.213 e.